The predicted molar refractivity (Wildman–Crippen MR) is 115 cm³/mol. The highest BCUT2D eigenvalue weighted by molar-refractivity contribution is 6.32. The van der Waals surface area contributed by atoms with E-state index in [0.29, 0.717) is 48.8 Å². The van der Waals surface area contributed by atoms with Crippen LogP contribution in [0, 0.1) is 0 Å². The summed E-state index contributed by atoms with van der Waals surface area (Å²) in [7, 11) is 3.31. The Kier molecular flexibility index (Phi) is 7.30. The van der Waals surface area contributed by atoms with Crippen molar-refractivity contribution in [2.24, 2.45) is 4.99 Å². The summed E-state index contributed by atoms with van der Waals surface area (Å²) < 4.78 is 22.4. The molecule has 0 fully saturated rings. The van der Waals surface area contributed by atoms with Crippen molar-refractivity contribution in [3.05, 3.63) is 40.9 Å². The SMILES string of the molecule is CCOc1c(Cl)cc(CNC(=NC)Nc2ccc3c(c2)OCCCO3)cc1OC. The molecule has 156 valence electrons. The van der Waals surface area contributed by atoms with Gasteiger partial charge in [-0.15, -0.1) is 0 Å². The number of aliphatic imine (C=N–C) groups is 1. The van der Waals surface area contributed by atoms with Gasteiger partial charge in [-0.1, -0.05) is 11.6 Å². The topological polar surface area (TPSA) is 73.3 Å². The standard InChI is InChI=1S/C21H26ClN3O4/c1-4-27-20-16(22)10-14(11-19(20)26-3)13-24-21(23-2)25-15-6-7-17-18(12-15)29-9-5-8-28-17/h6-7,10-12H,4-5,8-9,13H2,1-3H3,(H2,23,24,25). The van der Waals surface area contributed by atoms with Crippen LogP contribution in [-0.4, -0.2) is 39.9 Å². The molecule has 8 heteroatoms. The zero-order valence-electron chi connectivity index (χ0n) is 16.9. The summed E-state index contributed by atoms with van der Waals surface area (Å²) in [5, 5.41) is 7.04. The Labute approximate surface area is 176 Å². The molecule has 1 heterocycles. The van der Waals surface area contributed by atoms with Gasteiger partial charge in [0.15, 0.2) is 29.0 Å². The van der Waals surface area contributed by atoms with Crippen molar-refractivity contribution in [3.8, 4) is 23.0 Å². The minimum Gasteiger partial charge on any atom is -0.493 e. The summed E-state index contributed by atoms with van der Waals surface area (Å²) in [6, 6.07) is 9.47. The highest BCUT2D eigenvalue weighted by Crippen LogP contribution is 2.36. The van der Waals surface area contributed by atoms with E-state index in [9.17, 15) is 0 Å². The van der Waals surface area contributed by atoms with Crippen LogP contribution < -0.4 is 29.6 Å². The number of hydrogen-bond donors (Lipinski definition) is 2. The molecule has 3 rings (SSSR count). The van der Waals surface area contributed by atoms with Crippen LogP contribution in [0.1, 0.15) is 18.9 Å². The third kappa shape index (κ3) is 5.38. The van der Waals surface area contributed by atoms with Gasteiger partial charge in [0.05, 0.1) is 32.0 Å². The van der Waals surface area contributed by atoms with E-state index >= 15 is 0 Å². The Balaban J connectivity index is 1.67. The monoisotopic (exact) mass is 419 g/mol. The number of hydrogen-bond acceptors (Lipinski definition) is 5. The Hall–Kier alpha value is -2.80. The second kappa shape index (κ2) is 10.1. The lowest BCUT2D eigenvalue weighted by molar-refractivity contribution is 0.297. The molecule has 2 N–H and O–H groups in total. The fourth-order valence-electron chi connectivity index (χ4n) is 2.90. The van der Waals surface area contributed by atoms with E-state index in [0.717, 1.165) is 29.2 Å². The number of anilines is 1. The fourth-order valence-corrected chi connectivity index (χ4v) is 3.19. The summed E-state index contributed by atoms with van der Waals surface area (Å²) in [4.78, 5) is 4.27. The number of ether oxygens (including phenoxy) is 4. The largest absolute Gasteiger partial charge is 0.493 e. The van der Waals surface area contributed by atoms with Crippen LogP contribution in [0.4, 0.5) is 5.69 Å². The van der Waals surface area contributed by atoms with Crippen molar-refractivity contribution in [3.63, 3.8) is 0 Å². The van der Waals surface area contributed by atoms with Crippen molar-refractivity contribution < 1.29 is 18.9 Å². The Morgan fingerprint density at radius 1 is 1.17 bits per heavy atom. The molecular weight excluding hydrogens is 394 g/mol. The summed E-state index contributed by atoms with van der Waals surface area (Å²) in [5.74, 6) is 3.25. The predicted octanol–water partition coefficient (Wildman–Crippen LogP) is 4.10. The molecule has 0 radical (unpaired) electrons. The van der Waals surface area contributed by atoms with Gasteiger partial charge >= 0.3 is 0 Å². The van der Waals surface area contributed by atoms with Gasteiger partial charge in [0.25, 0.3) is 0 Å². The number of guanidine groups is 1. The first-order valence-electron chi connectivity index (χ1n) is 9.51. The zero-order chi connectivity index (χ0) is 20.6. The summed E-state index contributed by atoms with van der Waals surface area (Å²) >= 11 is 6.35. The summed E-state index contributed by atoms with van der Waals surface area (Å²) in [5.41, 5.74) is 1.79. The average Bonchev–Trinajstić information content (AvgIpc) is 2.97. The number of fused-ring (bicyclic) bond motifs is 1. The summed E-state index contributed by atoms with van der Waals surface area (Å²) in [6.07, 6.45) is 0.870. The number of rotatable bonds is 6. The van der Waals surface area contributed by atoms with Crippen LogP contribution in [0.2, 0.25) is 5.02 Å². The van der Waals surface area contributed by atoms with Crippen molar-refractivity contribution in [1.29, 1.82) is 0 Å². The Morgan fingerprint density at radius 3 is 2.69 bits per heavy atom. The van der Waals surface area contributed by atoms with Gasteiger partial charge in [-0.25, -0.2) is 0 Å². The number of methoxy groups -OCH3 is 1. The van der Waals surface area contributed by atoms with Gasteiger partial charge in [0.2, 0.25) is 0 Å². The van der Waals surface area contributed by atoms with Crippen molar-refractivity contribution in [2.45, 2.75) is 19.9 Å². The normalized spacial score (nSPS) is 13.4. The molecule has 0 amide bonds. The maximum atomic E-state index is 6.35. The van der Waals surface area contributed by atoms with E-state index in [1.54, 1.807) is 14.2 Å². The number of benzene rings is 2. The lowest BCUT2D eigenvalue weighted by Crippen LogP contribution is -2.30. The van der Waals surface area contributed by atoms with Gasteiger partial charge in [-0.2, -0.15) is 0 Å². The van der Waals surface area contributed by atoms with Crippen LogP contribution in [0.15, 0.2) is 35.3 Å². The van der Waals surface area contributed by atoms with Crippen molar-refractivity contribution >= 4 is 23.2 Å². The third-order valence-corrected chi connectivity index (χ3v) is 4.55. The Morgan fingerprint density at radius 2 is 1.97 bits per heavy atom. The second-order valence-electron chi connectivity index (χ2n) is 6.30. The van der Waals surface area contributed by atoms with E-state index in [2.05, 4.69) is 15.6 Å². The molecular formula is C21H26ClN3O4. The highest BCUT2D eigenvalue weighted by atomic mass is 35.5. The molecule has 1 aliphatic rings. The van der Waals surface area contributed by atoms with Gasteiger partial charge < -0.3 is 29.6 Å². The lowest BCUT2D eigenvalue weighted by atomic mass is 10.2. The van der Waals surface area contributed by atoms with Crippen molar-refractivity contribution in [1.82, 2.24) is 5.32 Å². The van der Waals surface area contributed by atoms with Crippen molar-refractivity contribution in [2.75, 3.05) is 39.3 Å². The van der Waals surface area contributed by atoms with Crippen LogP contribution in [-0.2, 0) is 6.54 Å². The molecule has 0 bridgehead atoms. The fraction of sp³-hybridized carbons (Fsp3) is 0.381. The first kappa shape index (κ1) is 20.9. The first-order valence-corrected chi connectivity index (χ1v) is 9.89. The van der Waals surface area contributed by atoms with E-state index in [1.165, 1.54) is 0 Å². The van der Waals surface area contributed by atoms with Gasteiger partial charge in [-0.3, -0.25) is 4.99 Å². The maximum Gasteiger partial charge on any atom is 0.195 e. The zero-order valence-corrected chi connectivity index (χ0v) is 17.6. The first-order chi connectivity index (χ1) is 14.1. The van der Waals surface area contributed by atoms with Crippen LogP contribution >= 0.6 is 11.6 Å². The molecule has 2 aromatic rings. The van der Waals surface area contributed by atoms with Crippen LogP contribution in [0.5, 0.6) is 23.0 Å². The van der Waals surface area contributed by atoms with Gasteiger partial charge in [-0.05, 0) is 36.8 Å². The van der Waals surface area contributed by atoms with Crippen LogP contribution in [0.25, 0.3) is 0 Å². The molecule has 0 aromatic heterocycles. The van der Waals surface area contributed by atoms with E-state index in [4.69, 9.17) is 30.5 Å². The molecule has 0 spiro atoms. The maximum absolute atomic E-state index is 6.35. The highest BCUT2D eigenvalue weighted by Gasteiger charge is 2.13. The molecule has 29 heavy (non-hydrogen) atoms. The second-order valence-corrected chi connectivity index (χ2v) is 6.71. The molecule has 0 aliphatic carbocycles. The average molecular weight is 420 g/mol. The molecule has 7 nitrogen and oxygen atoms in total. The number of nitrogens with one attached hydrogen (secondary N) is 2. The Bertz CT molecular complexity index is 873. The minimum absolute atomic E-state index is 0.507. The third-order valence-electron chi connectivity index (χ3n) is 4.27. The van der Waals surface area contributed by atoms with Gasteiger partial charge in [0.1, 0.15) is 0 Å². The van der Waals surface area contributed by atoms with Gasteiger partial charge in [0, 0.05) is 31.8 Å². The van der Waals surface area contributed by atoms with Crippen LogP contribution in [0.3, 0.4) is 0 Å². The number of nitrogens with zero attached hydrogens (tertiary/aromatic N) is 1. The molecule has 2 aromatic carbocycles. The number of halogens is 1. The molecule has 0 unspecified atom stereocenters. The smallest absolute Gasteiger partial charge is 0.195 e. The quantitative estimate of drug-likeness (QED) is 0.542. The van der Waals surface area contributed by atoms with E-state index in [1.807, 2.05) is 37.3 Å². The minimum atomic E-state index is 0.507. The van der Waals surface area contributed by atoms with E-state index < -0.39 is 0 Å². The van der Waals surface area contributed by atoms with E-state index in [-0.39, 0.29) is 0 Å². The molecule has 0 saturated carbocycles. The summed E-state index contributed by atoms with van der Waals surface area (Å²) in [6.45, 7) is 4.23. The molecule has 0 saturated heterocycles. The molecule has 0 atom stereocenters. The molecule has 1 aliphatic heterocycles. The lowest BCUT2D eigenvalue weighted by Gasteiger charge is -2.16.